The number of hydrogen-bond acceptors (Lipinski definition) is 4. The molecular formula is C16H12Cl2F2N2O3. The molecule has 0 aliphatic rings. The molecule has 1 heterocycles. The summed E-state index contributed by atoms with van der Waals surface area (Å²) in [5.74, 6) is -3.34. The third-order valence-corrected chi connectivity index (χ3v) is 4.08. The molecule has 0 bridgehead atoms. The van der Waals surface area contributed by atoms with Gasteiger partial charge in [0, 0.05) is 17.5 Å². The van der Waals surface area contributed by atoms with Crippen molar-refractivity contribution in [3.63, 3.8) is 0 Å². The maximum atomic E-state index is 14.5. The molecule has 1 aromatic carbocycles. The standard InChI is InChI=1S/C16H12Cl2F2N2O3/c1-6-8(17)4-9(19)12(14(6)20)10-5-11(21-7(2)23)13(18)15(22-10)16(24)25-3/h4-5H,1-3H3,(H,21,22,23). The number of anilines is 1. The summed E-state index contributed by atoms with van der Waals surface area (Å²) in [6, 6.07) is 2.09. The highest BCUT2D eigenvalue weighted by Gasteiger charge is 2.24. The predicted octanol–water partition coefficient (Wildman–Crippen LogP) is 4.39. The number of nitrogens with one attached hydrogen (secondary N) is 1. The molecule has 1 N–H and O–H groups in total. The Hall–Kier alpha value is -2.25. The zero-order chi connectivity index (χ0) is 18.9. The van der Waals surface area contributed by atoms with E-state index in [0.717, 1.165) is 19.2 Å². The molecule has 0 aliphatic carbocycles. The van der Waals surface area contributed by atoms with Crippen molar-refractivity contribution in [3.05, 3.63) is 45.1 Å². The van der Waals surface area contributed by atoms with Gasteiger partial charge in [-0.15, -0.1) is 0 Å². The van der Waals surface area contributed by atoms with Gasteiger partial charge in [0.15, 0.2) is 5.69 Å². The maximum absolute atomic E-state index is 14.5. The summed E-state index contributed by atoms with van der Waals surface area (Å²) in [5, 5.41) is 2.07. The van der Waals surface area contributed by atoms with Gasteiger partial charge in [0.25, 0.3) is 0 Å². The molecule has 132 valence electrons. The Morgan fingerprint density at radius 1 is 1.24 bits per heavy atom. The van der Waals surface area contributed by atoms with Gasteiger partial charge in [0.2, 0.25) is 5.91 Å². The maximum Gasteiger partial charge on any atom is 0.358 e. The third-order valence-electron chi connectivity index (χ3n) is 3.30. The second-order valence-corrected chi connectivity index (χ2v) is 5.83. The van der Waals surface area contributed by atoms with Gasteiger partial charge in [-0.3, -0.25) is 4.79 Å². The van der Waals surface area contributed by atoms with Crippen molar-refractivity contribution >= 4 is 40.8 Å². The Morgan fingerprint density at radius 2 is 1.88 bits per heavy atom. The summed E-state index contributed by atoms with van der Waals surface area (Å²) in [4.78, 5) is 27.1. The van der Waals surface area contributed by atoms with Gasteiger partial charge in [-0.25, -0.2) is 18.6 Å². The molecule has 2 aromatic rings. The van der Waals surface area contributed by atoms with E-state index in [1.54, 1.807) is 0 Å². The molecule has 0 spiro atoms. The minimum Gasteiger partial charge on any atom is -0.464 e. The second kappa shape index (κ2) is 7.33. The van der Waals surface area contributed by atoms with Crippen molar-refractivity contribution in [1.82, 2.24) is 4.98 Å². The number of rotatable bonds is 3. The van der Waals surface area contributed by atoms with Gasteiger partial charge in [-0.1, -0.05) is 23.2 Å². The molecular weight excluding hydrogens is 377 g/mol. The minimum atomic E-state index is -0.979. The Morgan fingerprint density at radius 3 is 2.44 bits per heavy atom. The lowest BCUT2D eigenvalue weighted by atomic mass is 10.0. The molecule has 0 aliphatic heterocycles. The van der Waals surface area contributed by atoms with Crippen LogP contribution < -0.4 is 5.32 Å². The Labute approximate surface area is 151 Å². The number of benzene rings is 1. The van der Waals surface area contributed by atoms with E-state index in [2.05, 4.69) is 15.0 Å². The van der Waals surface area contributed by atoms with E-state index in [1.165, 1.54) is 13.8 Å². The van der Waals surface area contributed by atoms with Crippen molar-refractivity contribution < 1.29 is 23.1 Å². The van der Waals surface area contributed by atoms with Crippen LogP contribution in [0.1, 0.15) is 23.0 Å². The molecule has 1 aromatic heterocycles. The number of methoxy groups -OCH3 is 1. The number of ether oxygens (including phenoxy) is 1. The molecule has 9 heteroatoms. The number of halogens is 4. The molecule has 0 saturated carbocycles. The number of carbonyl (C=O) groups excluding carboxylic acids is 2. The summed E-state index contributed by atoms with van der Waals surface area (Å²) < 4.78 is 33.4. The lowest BCUT2D eigenvalue weighted by Gasteiger charge is -2.13. The van der Waals surface area contributed by atoms with Crippen LogP contribution in [0.5, 0.6) is 0 Å². The number of hydrogen-bond donors (Lipinski definition) is 1. The van der Waals surface area contributed by atoms with Crippen molar-refractivity contribution in [3.8, 4) is 11.3 Å². The number of carbonyl (C=O) groups is 2. The van der Waals surface area contributed by atoms with Gasteiger partial charge in [-0.05, 0) is 19.1 Å². The van der Waals surface area contributed by atoms with Crippen LogP contribution in [0.15, 0.2) is 12.1 Å². The molecule has 0 fully saturated rings. The molecule has 0 radical (unpaired) electrons. The van der Waals surface area contributed by atoms with E-state index >= 15 is 0 Å². The van der Waals surface area contributed by atoms with E-state index in [-0.39, 0.29) is 27.0 Å². The van der Waals surface area contributed by atoms with E-state index < -0.39 is 34.8 Å². The lowest BCUT2D eigenvalue weighted by molar-refractivity contribution is -0.114. The molecule has 5 nitrogen and oxygen atoms in total. The monoisotopic (exact) mass is 388 g/mol. The van der Waals surface area contributed by atoms with E-state index in [1.807, 2.05) is 0 Å². The number of esters is 1. The van der Waals surface area contributed by atoms with Gasteiger partial charge in [0.05, 0.1) is 29.1 Å². The van der Waals surface area contributed by atoms with Crippen molar-refractivity contribution in [2.45, 2.75) is 13.8 Å². The van der Waals surface area contributed by atoms with Crippen molar-refractivity contribution in [2.24, 2.45) is 0 Å². The average Bonchev–Trinajstić information content (AvgIpc) is 2.54. The van der Waals surface area contributed by atoms with E-state index in [4.69, 9.17) is 23.2 Å². The lowest BCUT2D eigenvalue weighted by Crippen LogP contribution is -2.12. The van der Waals surface area contributed by atoms with Crippen LogP contribution in [0.25, 0.3) is 11.3 Å². The van der Waals surface area contributed by atoms with Gasteiger partial charge in [0.1, 0.15) is 11.6 Å². The second-order valence-electron chi connectivity index (χ2n) is 5.04. The molecule has 2 rings (SSSR count). The predicted molar refractivity (Wildman–Crippen MR) is 90.0 cm³/mol. The highest BCUT2D eigenvalue weighted by atomic mass is 35.5. The molecule has 0 unspecified atom stereocenters. The number of nitrogens with zero attached hydrogens (tertiary/aromatic N) is 1. The fourth-order valence-electron chi connectivity index (χ4n) is 2.09. The highest BCUT2D eigenvalue weighted by molar-refractivity contribution is 6.36. The van der Waals surface area contributed by atoms with E-state index in [9.17, 15) is 18.4 Å². The van der Waals surface area contributed by atoms with Gasteiger partial charge >= 0.3 is 5.97 Å². The fraction of sp³-hybridized carbons (Fsp3) is 0.188. The SMILES string of the molecule is COC(=O)c1nc(-c2c(F)cc(Cl)c(C)c2F)cc(NC(C)=O)c1Cl. The van der Waals surface area contributed by atoms with Crippen LogP contribution in [0.2, 0.25) is 10.0 Å². The highest BCUT2D eigenvalue weighted by Crippen LogP contribution is 2.35. The summed E-state index contributed by atoms with van der Waals surface area (Å²) >= 11 is 11.8. The Balaban J connectivity index is 2.80. The molecule has 0 saturated heterocycles. The summed E-state index contributed by atoms with van der Waals surface area (Å²) in [5.41, 5.74) is -1.17. The first-order chi connectivity index (χ1) is 11.7. The summed E-state index contributed by atoms with van der Waals surface area (Å²) in [7, 11) is 1.10. The van der Waals surface area contributed by atoms with Crippen LogP contribution in [0.4, 0.5) is 14.5 Å². The first-order valence-electron chi connectivity index (χ1n) is 6.88. The van der Waals surface area contributed by atoms with Gasteiger partial charge < -0.3 is 10.1 Å². The van der Waals surface area contributed by atoms with Crippen LogP contribution in [-0.4, -0.2) is 24.0 Å². The van der Waals surface area contributed by atoms with Crippen molar-refractivity contribution in [2.75, 3.05) is 12.4 Å². The normalized spacial score (nSPS) is 10.5. The zero-order valence-corrected chi connectivity index (χ0v) is 14.9. The number of aromatic nitrogens is 1. The van der Waals surface area contributed by atoms with Crippen LogP contribution >= 0.6 is 23.2 Å². The Kier molecular flexibility index (Phi) is 5.59. The molecule has 0 atom stereocenters. The summed E-state index contributed by atoms with van der Waals surface area (Å²) in [6.45, 7) is 2.58. The quantitative estimate of drug-likeness (QED) is 0.791. The number of amides is 1. The summed E-state index contributed by atoms with van der Waals surface area (Å²) in [6.07, 6.45) is 0. The first kappa shape index (κ1) is 19.1. The topological polar surface area (TPSA) is 68.3 Å². The number of pyridine rings is 1. The molecule has 25 heavy (non-hydrogen) atoms. The average molecular weight is 389 g/mol. The van der Waals surface area contributed by atoms with Gasteiger partial charge in [-0.2, -0.15) is 0 Å². The largest absolute Gasteiger partial charge is 0.464 e. The minimum absolute atomic E-state index is 0.00973. The third kappa shape index (κ3) is 3.72. The fourth-order valence-corrected chi connectivity index (χ4v) is 2.49. The smallest absolute Gasteiger partial charge is 0.358 e. The first-order valence-corrected chi connectivity index (χ1v) is 7.63. The Bertz CT molecular complexity index is 888. The zero-order valence-electron chi connectivity index (χ0n) is 13.3. The van der Waals surface area contributed by atoms with Crippen LogP contribution in [0.3, 0.4) is 0 Å². The molecule has 1 amide bonds. The van der Waals surface area contributed by atoms with Crippen molar-refractivity contribution in [1.29, 1.82) is 0 Å². The van der Waals surface area contributed by atoms with E-state index in [0.29, 0.717) is 0 Å². The van der Waals surface area contributed by atoms with Crippen LogP contribution in [-0.2, 0) is 9.53 Å². The van der Waals surface area contributed by atoms with Crippen LogP contribution in [0, 0.1) is 18.6 Å².